The molecule has 2 saturated heterocycles. The van der Waals surface area contributed by atoms with Gasteiger partial charge in [0.05, 0.1) is 7.11 Å². The molecule has 126 valence electrons. The Bertz CT molecular complexity index is 728. The summed E-state index contributed by atoms with van der Waals surface area (Å²) in [6.07, 6.45) is 3.43. The number of ether oxygens (including phenoxy) is 2. The van der Waals surface area contributed by atoms with E-state index in [0.717, 1.165) is 23.0 Å². The van der Waals surface area contributed by atoms with Crippen LogP contribution in [0.25, 0.3) is 0 Å². The Labute approximate surface area is 145 Å². The molecule has 3 atom stereocenters. The molecule has 3 unspecified atom stereocenters. The van der Waals surface area contributed by atoms with E-state index in [9.17, 15) is 4.79 Å². The first kappa shape index (κ1) is 15.5. The number of hydrogen-bond donors (Lipinski definition) is 2. The van der Waals surface area contributed by atoms with Gasteiger partial charge >= 0.3 is 0 Å². The second kappa shape index (κ2) is 6.45. The Morgan fingerprint density at radius 2 is 1.96 bits per heavy atom. The summed E-state index contributed by atoms with van der Waals surface area (Å²) in [5, 5.41) is 8.25. The average Bonchev–Trinajstić information content (AvgIpc) is 3.32. The van der Waals surface area contributed by atoms with E-state index in [1.807, 2.05) is 24.3 Å². The van der Waals surface area contributed by atoms with Crippen LogP contribution >= 0.6 is 11.3 Å². The van der Waals surface area contributed by atoms with Crippen molar-refractivity contribution in [2.24, 2.45) is 0 Å². The third kappa shape index (κ3) is 3.12. The minimum atomic E-state index is -0.0151. The maximum atomic E-state index is 12.4. The summed E-state index contributed by atoms with van der Waals surface area (Å²) in [7, 11) is 1.63. The molecule has 0 aliphatic carbocycles. The molecule has 0 saturated carbocycles. The third-order valence-electron chi connectivity index (χ3n) is 4.71. The van der Waals surface area contributed by atoms with Gasteiger partial charge < -0.3 is 20.1 Å². The van der Waals surface area contributed by atoms with Crippen LogP contribution in [0.4, 0.5) is 0 Å². The Morgan fingerprint density at radius 3 is 2.58 bits per heavy atom. The smallest absolute Gasteiger partial charge is 0.251 e. The Morgan fingerprint density at radius 1 is 1.17 bits per heavy atom. The van der Waals surface area contributed by atoms with Crippen LogP contribution in [-0.4, -0.2) is 31.1 Å². The Balaban J connectivity index is 1.37. The van der Waals surface area contributed by atoms with Gasteiger partial charge in [0.15, 0.2) is 10.1 Å². The lowest BCUT2D eigenvalue weighted by Crippen LogP contribution is -2.42. The van der Waals surface area contributed by atoms with E-state index in [-0.39, 0.29) is 11.9 Å². The quantitative estimate of drug-likeness (QED) is 0.875. The maximum Gasteiger partial charge on any atom is 0.251 e. The van der Waals surface area contributed by atoms with Crippen LogP contribution in [0.1, 0.15) is 29.6 Å². The SMILES string of the molecule is COc1ccc(Oc2ccc(C(=O)NC3CC4CCC3N4)cc2)s1. The second-order valence-corrected chi connectivity index (χ2v) is 7.28. The van der Waals surface area contributed by atoms with E-state index in [1.165, 1.54) is 17.8 Å². The van der Waals surface area contributed by atoms with E-state index in [2.05, 4.69) is 10.6 Å². The van der Waals surface area contributed by atoms with Crippen molar-refractivity contribution in [3.8, 4) is 15.9 Å². The van der Waals surface area contributed by atoms with Gasteiger partial charge in [-0.25, -0.2) is 0 Å². The third-order valence-corrected chi connectivity index (χ3v) is 5.63. The zero-order valence-electron chi connectivity index (χ0n) is 13.5. The number of carbonyl (C=O) groups is 1. The lowest BCUT2D eigenvalue weighted by Gasteiger charge is -2.21. The second-order valence-electron chi connectivity index (χ2n) is 6.27. The summed E-state index contributed by atoms with van der Waals surface area (Å²) in [4.78, 5) is 12.4. The summed E-state index contributed by atoms with van der Waals surface area (Å²) in [5.41, 5.74) is 0.661. The molecule has 5 nitrogen and oxygen atoms in total. The van der Waals surface area contributed by atoms with Gasteiger partial charge in [0.2, 0.25) is 0 Å². The number of fused-ring (bicyclic) bond motifs is 2. The summed E-state index contributed by atoms with van der Waals surface area (Å²) in [6.45, 7) is 0. The highest BCUT2D eigenvalue weighted by atomic mass is 32.1. The summed E-state index contributed by atoms with van der Waals surface area (Å²) in [5.74, 6) is 0.691. The number of amides is 1. The lowest BCUT2D eigenvalue weighted by atomic mass is 9.95. The van der Waals surface area contributed by atoms with Crippen LogP contribution in [-0.2, 0) is 0 Å². The summed E-state index contributed by atoms with van der Waals surface area (Å²) < 4.78 is 10.9. The van der Waals surface area contributed by atoms with Gasteiger partial charge in [0, 0.05) is 23.7 Å². The Kier molecular flexibility index (Phi) is 4.16. The first-order chi connectivity index (χ1) is 11.7. The molecular weight excluding hydrogens is 324 g/mol. The molecule has 1 aromatic carbocycles. The number of nitrogens with one attached hydrogen (secondary N) is 2. The van der Waals surface area contributed by atoms with Crippen LogP contribution in [0, 0.1) is 0 Å². The molecule has 0 spiro atoms. The fourth-order valence-electron chi connectivity index (χ4n) is 3.49. The monoisotopic (exact) mass is 344 g/mol. The minimum Gasteiger partial charge on any atom is -0.487 e. The predicted octanol–water partition coefficient (Wildman–Crippen LogP) is 3.17. The molecule has 1 amide bonds. The first-order valence-corrected chi connectivity index (χ1v) is 9.01. The largest absolute Gasteiger partial charge is 0.487 e. The molecule has 2 aromatic rings. The topological polar surface area (TPSA) is 59.6 Å². The average molecular weight is 344 g/mol. The van der Waals surface area contributed by atoms with Crippen molar-refractivity contribution >= 4 is 17.2 Å². The van der Waals surface area contributed by atoms with Crippen LogP contribution in [0.3, 0.4) is 0 Å². The van der Waals surface area contributed by atoms with Crippen LogP contribution < -0.4 is 20.1 Å². The van der Waals surface area contributed by atoms with Crippen LogP contribution in [0.5, 0.6) is 15.9 Å². The molecule has 4 rings (SSSR count). The van der Waals surface area contributed by atoms with Crippen LogP contribution in [0.15, 0.2) is 36.4 Å². The molecule has 24 heavy (non-hydrogen) atoms. The van der Waals surface area contributed by atoms with Gasteiger partial charge in [-0.15, -0.1) is 0 Å². The molecule has 2 N–H and O–H groups in total. The number of benzene rings is 1. The fourth-order valence-corrected chi connectivity index (χ4v) is 4.19. The lowest BCUT2D eigenvalue weighted by molar-refractivity contribution is 0.0931. The van der Waals surface area contributed by atoms with Crippen molar-refractivity contribution in [2.75, 3.05) is 7.11 Å². The first-order valence-electron chi connectivity index (χ1n) is 8.20. The number of hydrogen-bond acceptors (Lipinski definition) is 5. The number of rotatable bonds is 5. The highest BCUT2D eigenvalue weighted by Gasteiger charge is 2.39. The van der Waals surface area contributed by atoms with E-state index < -0.39 is 0 Å². The van der Waals surface area contributed by atoms with Gasteiger partial charge in [-0.2, -0.15) is 0 Å². The molecule has 2 bridgehead atoms. The zero-order chi connectivity index (χ0) is 16.5. The zero-order valence-corrected chi connectivity index (χ0v) is 14.3. The molecular formula is C18H20N2O3S. The van der Waals surface area contributed by atoms with Crippen molar-refractivity contribution < 1.29 is 14.3 Å². The number of thiophene rings is 1. The van der Waals surface area contributed by atoms with Gasteiger partial charge in [-0.1, -0.05) is 11.3 Å². The Hall–Kier alpha value is -2.05. The number of carbonyl (C=O) groups excluding carboxylic acids is 1. The minimum absolute atomic E-state index is 0.0151. The molecule has 2 aliphatic rings. The predicted molar refractivity (Wildman–Crippen MR) is 93.2 cm³/mol. The molecule has 6 heteroatoms. The van der Waals surface area contributed by atoms with Gasteiger partial charge in [-0.3, -0.25) is 4.79 Å². The highest BCUT2D eigenvalue weighted by Crippen LogP contribution is 2.34. The van der Waals surface area contributed by atoms with Gasteiger partial charge in [0.25, 0.3) is 5.91 Å². The highest BCUT2D eigenvalue weighted by molar-refractivity contribution is 7.15. The molecule has 2 aliphatic heterocycles. The van der Waals surface area contributed by atoms with Crippen molar-refractivity contribution in [3.63, 3.8) is 0 Å². The van der Waals surface area contributed by atoms with E-state index in [1.54, 1.807) is 19.2 Å². The van der Waals surface area contributed by atoms with Crippen molar-refractivity contribution in [1.82, 2.24) is 10.6 Å². The van der Waals surface area contributed by atoms with Crippen molar-refractivity contribution in [3.05, 3.63) is 42.0 Å². The molecule has 3 heterocycles. The number of methoxy groups -OCH3 is 1. The normalized spacial score (nSPS) is 24.8. The molecule has 1 aromatic heterocycles. The molecule has 0 radical (unpaired) electrons. The van der Waals surface area contributed by atoms with Crippen LogP contribution in [0.2, 0.25) is 0 Å². The standard InChI is InChI=1S/C18H20N2O3S/c1-22-16-8-9-17(24-16)23-13-5-2-11(3-6-13)18(21)20-15-10-12-4-7-14(15)19-12/h2-3,5-6,8-9,12,14-15,19H,4,7,10H2,1H3,(H,20,21). The summed E-state index contributed by atoms with van der Waals surface area (Å²) in [6, 6.07) is 12.3. The van der Waals surface area contributed by atoms with Crippen molar-refractivity contribution in [2.45, 2.75) is 37.4 Å². The van der Waals surface area contributed by atoms with Gasteiger partial charge in [-0.05, 0) is 55.7 Å². The molecule has 2 fully saturated rings. The van der Waals surface area contributed by atoms with E-state index in [0.29, 0.717) is 23.4 Å². The fraction of sp³-hybridized carbons (Fsp3) is 0.389. The van der Waals surface area contributed by atoms with Crippen molar-refractivity contribution in [1.29, 1.82) is 0 Å². The van der Waals surface area contributed by atoms with E-state index in [4.69, 9.17) is 9.47 Å². The van der Waals surface area contributed by atoms with Gasteiger partial charge in [0.1, 0.15) is 5.75 Å². The van der Waals surface area contributed by atoms with E-state index >= 15 is 0 Å². The summed E-state index contributed by atoms with van der Waals surface area (Å²) >= 11 is 1.44. The maximum absolute atomic E-state index is 12.4.